The number of rotatable bonds is 5. The minimum Gasteiger partial charge on any atom is -0.496 e. The molecule has 144 valence electrons. The number of hydrogen-bond donors (Lipinski definition) is 1. The van der Waals surface area contributed by atoms with Gasteiger partial charge in [-0.15, -0.1) is 25.6 Å². The summed E-state index contributed by atoms with van der Waals surface area (Å²) in [6.07, 6.45) is -1.03. The maximum Gasteiger partial charge on any atom is 0.573 e. The molecule has 2 heterocycles. The van der Waals surface area contributed by atoms with E-state index in [1.54, 1.807) is 0 Å². The molecule has 0 amide bonds. The van der Waals surface area contributed by atoms with Crippen molar-refractivity contribution in [3.05, 3.63) is 36.0 Å². The topological polar surface area (TPSA) is 37.5 Å². The first-order valence-electron chi connectivity index (χ1n) is 8.29. The van der Waals surface area contributed by atoms with Gasteiger partial charge in [0.2, 0.25) is 0 Å². The number of nitrogens with zero attached hydrogens (tertiary/aromatic N) is 1. The normalized spacial score (nSPS) is 15.4. The summed E-state index contributed by atoms with van der Waals surface area (Å²) in [6, 6.07) is 7.87. The number of hydrogen-bond acceptors (Lipinski definition) is 3. The van der Waals surface area contributed by atoms with Crippen LogP contribution >= 0.6 is 12.4 Å². The molecule has 0 atom stereocenters. The molecule has 26 heavy (non-hydrogen) atoms. The van der Waals surface area contributed by atoms with Gasteiger partial charge in [-0.2, -0.15) is 0 Å². The summed E-state index contributed by atoms with van der Waals surface area (Å²) in [5, 5.41) is 0. The monoisotopic (exact) mass is 390 g/mol. The first-order chi connectivity index (χ1) is 11.9. The number of piperidine rings is 1. The first kappa shape index (κ1) is 20.5. The van der Waals surface area contributed by atoms with Crippen molar-refractivity contribution in [3.63, 3.8) is 0 Å². The summed E-state index contributed by atoms with van der Waals surface area (Å²) in [7, 11) is 1.49. The molecule has 4 nitrogen and oxygen atoms in total. The molecule has 1 aromatic carbocycles. The predicted molar refractivity (Wildman–Crippen MR) is 95.8 cm³/mol. The fourth-order valence-corrected chi connectivity index (χ4v) is 3.14. The third kappa shape index (κ3) is 5.32. The van der Waals surface area contributed by atoms with Crippen LogP contribution in [-0.2, 0) is 6.54 Å². The van der Waals surface area contributed by atoms with Crippen LogP contribution in [0, 0.1) is 0 Å². The summed E-state index contributed by atoms with van der Waals surface area (Å²) in [5.41, 5.74) is 2.27. The van der Waals surface area contributed by atoms with Crippen LogP contribution in [-0.4, -0.2) is 36.4 Å². The Morgan fingerprint density at radius 2 is 1.81 bits per heavy atom. The largest absolute Gasteiger partial charge is 0.573 e. The average Bonchev–Trinajstić information content (AvgIpc) is 3.02. The van der Waals surface area contributed by atoms with Crippen LogP contribution in [0.3, 0.4) is 0 Å². The standard InChI is InChI=1S/C18H21F3N2O2.ClH/c1-24-17-8-6-14(25-18(19,20)21)11-15(17)16-7-5-13(22-16)12-23-9-3-2-4-10-23;/h5-8,11,22H,2-4,9-10,12H2,1H3;1H. The molecular formula is C18H22ClF3N2O2. The summed E-state index contributed by atoms with van der Waals surface area (Å²) in [4.78, 5) is 5.66. The number of aromatic amines is 1. The third-order valence-electron chi connectivity index (χ3n) is 4.28. The number of ether oxygens (including phenoxy) is 2. The number of likely N-dealkylation sites (tertiary alicyclic amines) is 1. The number of methoxy groups -OCH3 is 1. The lowest BCUT2D eigenvalue weighted by atomic mass is 10.1. The number of nitrogens with one attached hydrogen (secondary N) is 1. The zero-order valence-corrected chi connectivity index (χ0v) is 15.3. The van der Waals surface area contributed by atoms with Crippen molar-refractivity contribution >= 4 is 12.4 Å². The molecule has 2 aromatic rings. The summed E-state index contributed by atoms with van der Waals surface area (Å²) in [6.45, 7) is 2.96. The number of halogens is 4. The Morgan fingerprint density at radius 3 is 2.46 bits per heavy atom. The van der Waals surface area contributed by atoms with Gasteiger partial charge in [-0.1, -0.05) is 6.42 Å². The van der Waals surface area contributed by atoms with Crippen molar-refractivity contribution in [2.45, 2.75) is 32.2 Å². The lowest BCUT2D eigenvalue weighted by Gasteiger charge is -2.25. The lowest BCUT2D eigenvalue weighted by molar-refractivity contribution is -0.274. The Balaban J connectivity index is 0.00000243. The second-order valence-electron chi connectivity index (χ2n) is 6.14. The second-order valence-corrected chi connectivity index (χ2v) is 6.14. The van der Waals surface area contributed by atoms with Crippen molar-refractivity contribution in [3.8, 4) is 22.8 Å². The van der Waals surface area contributed by atoms with Gasteiger partial charge in [-0.05, 0) is 56.3 Å². The summed E-state index contributed by atoms with van der Waals surface area (Å²) >= 11 is 0. The number of H-pyrrole nitrogens is 1. The molecule has 0 unspecified atom stereocenters. The Bertz CT molecular complexity index is 713. The van der Waals surface area contributed by atoms with E-state index in [1.807, 2.05) is 12.1 Å². The van der Waals surface area contributed by atoms with Gasteiger partial charge in [0.05, 0.1) is 7.11 Å². The molecule has 1 aromatic heterocycles. The Morgan fingerprint density at radius 1 is 1.08 bits per heavy atom. The molecule has 3 rings (SSSR count). The highest BCUT2D eigenvalue weighted by atomic mass is 35.5. The van der Waals surface area contributed by atoms with E-state index in [2.05, 4.69) is 14.6 Å². The predicted octanol–water partition coefficient (Wildman–Crippen LogP) is 5.00. The molecule has 1 aliphatic rings. The fraction of sp³-hybridized carbons (Fsp3) is 0.444. The molecule has 8 heteroatoms. The van der Waals surface area contributed by atoms with E-state index in [9.17, 15) is 13.2 Å². The molecule has 0 radical (unpaired) electrons. The SMILES string of the molecule is COc1ccc(OC(F)(F)F)cc1-c1ccc(CN2CCCCC2)[nH]1.Cl. The number of aromatic nitrogens is 1. The van der Waals surface area contributed by atoms with E-state index in [0.717, 1.165) is 25.3 Å². The van der Waals surface area contributed by atoms with Crippen LogP contribution in [0.25, 0.3) is 11.3 Å². The smallest absolute Gasteiger partial charge is 0.496 e. The van der Waals surface area contributed by atoms with Crippen LogP contribution in [0.15, 0.2) is 30.3 Å². The molecule has 0 bridgehead atoms. The lowest BCUT2D eigenvalue weighted by Crippen LogP contribution is -2.29. The first-order valence-corrected chi connectivity index (χ1v) is 8.29. The van der Waals surface area contributed by atoms with E-state index >= 15 is 0 Å². The van der Waals surface area contributed by atoms with Gasteiger partial charge in [-0.3, -0.25) is 4.90 Å². The van der Waals surface area contributed by atoms with E-state index in [-0.39, 0.29) is 18.2 Å². The highest BCUT2D eigenvalue weighted by Gasteiger charge is 2.31. The van der Waals surface area contributed by atoms with Gasteiger partial charge in [0, 0.05) is 23.5 Å². The van der Waals surface area contributed by atoms with E-state index in [0.29, 0.717) is 17.0 Å². The summed E-state index contributed by atoms with van der Waals surface area (Å²) in [5.74, 6) is 0.219. The van der Waals surface area contributed by atoms with Gasteiger partial charge >= 0.3 is 6.36 Å². The molecular weight excluding hydrogens is 369 g/mol. The minimum atomic E-state index is -4.72. The quantitative estimate of drug-likeness (QED) is 0.781. The second kappa shape index (κ2) is 8.68. The van der Waals surface area contributed by atoms with E-state index in [1.165, 1.54) is 44.6 Å². The van der Waals surface area contributed by atoms with Crippen molar-refractivity contribution in [1.29, 1.82) is 0 Å². The Labute approximate surface area is 156 Å². The van der Waals surface area contributed by atoms with Crippen molar-refractivity contribution in [1.82, 2.24) is 9.88 Å². The van der Waals surface area contributed by atoms with Crippen LogP contribution in [0.4, 0.5) is 13.2 Å². The van der Waals surface area contributed by atoms with Crippen LogP contribution < -0.4 is 9.47 Å². The van der Waals surface area contributed by atoms with Crippen molar-refractivity contribution in [2.24, 2.45) is 0 Å². The van der Waals surface area contributed by atoms with Crippen molar-refractivity contribution in [2.75, 3.05) is 20.2 Å². The minimum absolute atomic E-state index is 0. The van der Waals surface area contributed by atoms with Gasteiger partial charge in [-0.25, -0.2) is 0 Å². The maximum absolute atomic E-state index is 12.5. The zero-order valence-electron chi connectivity index (χ0n) is 14.4. The Hall–Kier alpha value is -1.86. The molecule has 0 spiro atoms. The summed E-state index contributed by atoms with van der Waals surface area (Å²) < 4.78 is 46.7. The Kier molecular flexibility index (Phi) is 6.83. The van der Waals surface area contributed by atoms with Crippen LogP contribution in [0.1, 0.15) is 25.0 Å². The average molecular weight is 391 g/mol. The fourth-order valence-electron chi connectivity index (χ4n) is 3.14. The van der Waals surface area contributed by atoms with Gasteiger partial charge in [0.1, 0.15) is 11.5 Å². The maximum atomic E-state index is 12.5. The molecule has 0 saturated carbocycles. The molecule has 1 fully saturated rings. The van der Waals surface area contributed by atoms with Gasteiger partial charge < -0.3 is 14.5 Å². The highest BCUT2D eigenvalue weighted by Crippen LogP contribution is 2.35. The molecule has 1 N–H and O–H groups in total. The van der Waals surface area contributed by atoms with E-state index < -0.39 is 6.36 Å². The van der Waals surface area contributed by atoms with Gasteiger partial charge in [0.15, 0.2) is 0 Å². The molecule has 1 aliphatic heterocycles. The number of alkyl halides is 3. The van der Waals surface area contributed by atoms with E-state index in [4.69, 9.17) is 4.74 Å². The molecule has 0 aliphatic carbocycles. The van der Waals surface area contributed by atoms with Gasteiger partial charge in [0.25, 0.3) is 0 Å². The van der Waals surface area contributed by atoms with Crippen LogP contribution in [0.2, 0.25) is 0 Å². The highest BCUT2D eigenvalue weighted by molar-refractivity contribution is 5.85. The zero-order chi connectivity index (χ0) is 17.9. The van der Waals surface area contributed by atoms with Crippen molar-refractivity contribution < 1.29 is 22.6 Å². The van der Waals surface area contributed by atoms with Crippen LogP contribution in [0.5, 0.6) is 11.5 Å². The molecule has 1 saturated heterocycles. The third-order valence-corrected chi connectivity index (χ3v) is 4.28. The number of benzene rings is 1.